The molecular formula is C35H46N8O8. The number of aliphatic carboxylic acids is 3. The minimum Gasteiger partial charge on any atom is -0.481 e. The summed E-state index contributed by atoms with van der Waals surface area (Å²) in [7, 11) is 2.20. The number of primary amides is 1. The van der Waals surface area contributed by atoms with Crippen LogP contribution in [0.25, 0.3) is 22.3 Å². The first-order chi connectivity index (χ1) is 24.2. The number of aromatic nitrogens is 4. The van der Waals surface area contributed by atoms with E-state index in [0.29, 0.717) is 28.9 Å². The molecule has 3 heterocycles. The fourth-order valence-corrected chi connectivity index (χ4v) is 5.90. The average molecular weight is 707 g/mol. The number of piperazine rings is 1. The van der Waals surface area contributed by atoms with Gasteiger partial charge >= 0.3 is 0 Å². The van der Waals surface area contributed by atoms with Crippen molar-refractivity contribution in [2.24, 2.45) is 5.73 Å². The number of carboxylic acids is 3. The van der Waals surface area contributed by atoms with Gasteiger partial charge in [-0.25, -0.2) is 14.6 Å². The van der Waals surface area contributed by atoms with E-state index in [9.17, 15) is 4.79 Å². The summed E-state index contributed by atoms with van der Waals surface area (Å²) in [4.78, 5) is 52.8. The van der Waals surface area contributed by atoms with Gasteiger partial charge in [0.05, 0.1) is 17.0 Å². The Kier molecular flexibility index (Phi) is 14.8. The van der Waals surface area contributed by atoms with Gasteiger partial charge in [0.1, 0.15) is 29.3 Å². The van der Waals surface area contributed by atoms with Gasteiger partial charge in [0.2, 0.25) is 0 Å². The van der Waals surface area contributed by atoms with Crippen LogP contribution in [-0.4, -0.2) is 108 Å². The second-order valence-electron chi connectivity index (χ2n) is 12.1. The van der Waals surface area contributed by atoms with Gasteiger partial charge in [0, 0.05) is 58.6 Å². The van der Waals surface area contributed by atoms with Crippen molar-refractivity contribution >= 4 is 40.7 Å². The number of nitrogens with two attached hydrogens (primary N) is 2. The Morgan fingerprint density at radius 2 is 1.37 bits per heavy atom. The molecule has 1 saturated carbocycles. The largest absolute Gasteiger partial charge is 0.481 e. The zero-order valence-corrected chi connectivity index (χ0v) is 29.2. The van der Waals surface area contributed by atoms with E-state index in [2.05, 4.69) is 31.5 Å². The number of carbonyl (C=O) groups is 4. The van der Waals surface area contributed by atoms with Crippen molar-refractivity contribution < 1.29 is 39.2 Å². The molecule has 4 aromatic rings. The van der Waals surface area contributed by atoms with Crippen LogP contribution < -0.4 is 16.2 Å². The summed E-state index contributed by atoms with van der Waals surface area (Å²) in [6.45, 7) is 7.82. The zero-order valence-electron chi connectivity index (χ0n) is 29.2. The number of hydrogen-bond donors (Lipinski definition) is 5. The van der Waals surface area contributed by atoms with Crippen LogP contribution in [0.4, 0.5) is 5.82 Å². The van der Waals surface area contributed by atoms with Crippen molar-refractivity contribution in [1.82, 2.24) is 29.5 Å². The number of nitrogen functional groups attached to an aromatic ring is 1. The normalized spacial score (nSPS) is 17.3. The number of carboxylic acid groups (broad SMARTS) is 3. The van der Waals surface area contributed by atoms with Gasteiger partial charge in [0.15, 0.2) is 5.65 Å². The zero-order chi connectivity index (χ0) is 37.7. The number of carbonyl (C=O) groups excluding carboxylic acids is 1. The molecule has 0 unspecified atom stereocenters. The molecule has 1 aliphatic heterocycles. The maximum Gasteiger partial charge on any atom is 0.300 e. The summed E-state index contributed by atoms with van der Waals surface area (Å²) in [6, 6.07) is 15.4. The third-order valence-electron chi connectivity index (χ3n) is 8.07. The highest BCUT2D eigenvalue weighted by Gasteiger charge is 2.30. The number of benzene rings is 2. The molecule has 2 aliphatic rings. The van der Waals surface area contributed by atoms with E-state index in [-0.39, 0.29) is 6.04 Å². The number of rotatable bonds is 6. The lowest BCUT2D eigenvalue weighted by atomic mass is 9.90. The maximum atomic E-state index is 11.9. The number of anilines is 1. The molecule has 274 valence electrons. The van der Waals surface area contributed by atoms with Gasteiger partial charge in [-0.1, -0.05) is 24.3 Å². The fourth-order valence-electron chi connectivity index (χ4n) is 5.90. The van der Waals surface area contributed by atoms with Gasteiger partial charge in [-0.3, -0.25) is 24.1 Å². The highest BCUT2D eigenvalue weighted by Crippen LogP contribution is 2.38. The first kappa shape index (κ1) is 39.8. The van der Waals surface area contributed by atoms with Crippen molar-refractivity contribution in [2.75, 3.05) is 39.0 Å². The van der Waals surface area contributed by atoms with E-state index >= 15 is 0 Å². The minimum absolute atomic E-state index is 0.251. The van der Waals surface area contributed by atoms with E-state index in [4.69, 9.17) is 51.0 Å². The quantitative estimate of drug-likeness (QED) is 0.191. The van der Waals surface area contributed by atoms with Crippen molar-refractivity contribution in [3.63, 3.8) is 0 Å². The van der Waals surface area contributed by atoms with Gasteiger partial charge < -0.3 is 36.4 Å². The Balaban J connectivity index is 0.000000511. The second kappa shape index (κ2) is 19.0. The number of hydrogen-bond acceptors (Lipinski definition) is 11. The first-order valence-corrected chi connectivity index (χ1v) is 16.3. The van der Waals surface area contributed by atoms with Gasteiger partial charge in [0.25, 0.3) is 23.8 Å². The highest BCUT2D eigenvalue weighted by atomic mass is 16.5. The molecule has 0 radical (unpaired) electrons. The SMILES string of the molecule is CC(=O)O.CC(=O)O.CC(=O)O.CN1CCN(C2CCC(n3nc(-c4cccc(Oc5ccccc5C(N)=O)c4)c4c(N)ncnc43)CC2)CC1. The smallest absolute Gasteiger partial charge is 0.300 e. The second-order valence-corrected chi connectivity index (χ2v) is 12.1. The molecule has 7 N–H and O–H groups in total. The minimum atomic E-state index is -0.833. The Morgan fingerprint density at radius 1 is 0.804 bits per heavy atom. The topological polar surface area (TPSA) is 240 Å². The lowest BCUT2D eigenvalue weighted by molar-refractivity contribution is -0.135. The van der Waals surface area contributed by atoms with Crippen molar-refractivity contribution in [3.05, 3.63) is 60.4 Å². The van der Waals surface area contributed by atoms with Gasteiger partial charge in [-0.05, 0) is 57.0 Å². The molecule has 6 rings (SSSR count). The third-order valence-corrected chi connectivity index (χ3v) is 8.07. The molecule has 1 amide bonds. The van der Waals surface area contributed by atoms with Gasteiger partial charge in [-0.15, -0.1) is 0 Å². The van der Waals surface area contributed by atoms with E-state index in [1.807, 2.05) is 24.3 Å². The molecule has 0 spiro atoms. The summed E-state index contributed by atoms with van der Waals surface area (Å²) in [5, 5.41) is 28.1. The van der Waals surface area contributed by atoms with Crippen LogP contribution in [0.3, 0.4) is 0 Å². The molecule has 1 saturated heterocycles. The number of amides is 1. The summed E-state index contributed by atoms with van der Waals surface area (Å²) in [5.74, 6) is -1.68. The van der Waals surface area contributed by atoms with Crippen LogP contribution in [0.15, 0.2) is 54.9 Å². The summed E-state index contributed by atoms with van der Waals surface area (Å²) in [6.07, 6.45) is 5.90. The van der Waals surface area contributed by atoms with Crippen LogP contribution >= 0.6 is 0 Å². The maximum absolute atomic E-state index is 11.9. The molecule has 0 atom stereocenters. The number of likely N-dealkylation sites (N-methyl/N-ethyl adjacent to an activating group) is 1. The Morgan fingerprint density at radius 3 is 1.96 bits per heavy atom. The molecule has 1 aliphatic carbocycles. The summed E-state index contributed by atoms with van der Waals surface area (Å²) in [5.41, 5.74) is 14.6. The van der Waals surface area contributed by atoms with Crippen LogP contribution in [0.5, 0.6) is 11.5 Å². The number of ether oxygens (including phenoxy) is 1. The van der Waals surface area contributed by atoms with Crippen molar-refractivity contribution in [2.45, 2.75) is 58.5 Å². The Hall–Kier alpha value is -5.61. The lowest BCUT2D eigenvalue weighted by Crippen LogP contribution is -2.49. The van der Waals surface area contributed by atoms with Crippen LogP contribution in [0.1, 0.15) is 62.9 Å². The molecule has 51 heavy (non-hydrogen) atoms. The molecule has 2 aromatic heterocycles. The van der Waals surface area contributed by atoms with Crippen LogP contribution in [0, 0.1) is 0 Å². The number of fused-ring (bicyclic) bond motifs is 1. The Labute approximate surface area is 295 Å². The molecule has 0 bridgehead atoms. The van der Waals surface area contributed by atoms with Crippen LogP contribution in [0.2, 0.25) is 0 Å². The predicted octanol–water partition coefficient (Wildman–Crippen LogP) is 3.97. The predicted molar refractivity (Wildman–Crippen MR) is 190 cm³/mol. The summed E-state index contributed by atoms with van der Waals surface area (Å²) < 4.78 is 8.12. The average Bonchev–Trinajstić information content (AvgIpc) is 3.46. The Bertz CT molecular complexity index is 1760. The standard InChI is InChI=1S/C29H34N8O2.3C2H4O2/c1-35-13-15-36(16-14-35)20-9-11-21(12-10-20)37-29-25(27(30)32-18-33-29)26(34-37)19-5-4-6-22(17-19)39-24-8-3-2-7-23(24)28(31)38;3*1-2(3)4/h2-8,17-18,20-21H,9-16H2,1H3,(H2,31,38)(H2,30,32,33);3*1H3,(H,3,4). The fraction of sp³-hybridized carbons (Fsp3) is 0.400. The monoisotopic (exact) mass is 706 g/mol. The third kappa shape index (κ3) is 12.0. The lowest BCUT2D eigenvalue weighted by Gasteiger charge is -2.41. The van der Waals surface area contributed by atoms with Crippen LogP contribution in [-0.2, 0) is 14.4 Å². The number of nitrogens with zero attached hydrogens (tertiary/aromatic N) is 6. The van der Waals surface area contributed by atoms with E-state index in [1.165, 1.54) is 6.33 Å². The van der Waals surface area contributed by atoms with Gasteiger partial charge in [-0.2, -0.15) is 5.10 Å². The molecular weight excluding hydrogens is 660 g/mol. The molecule has 2 fully saturated rings. The number of para-hydroxylation sites is 1. The first-order valence-electron chi connectivity index (χ1n) is 16.3. The van der Waals surface area contributed by atoms with Crippen molar-refractivity contribution in [1.29, 1.82) is 0 Å². The van der Waals surface area contributed by atoms with Crippen molar-refractivity contribution in [3.8, 4) is 22.8 Å². The summed E-state index contributed by atoms with van der Waals surface area (Å²) >= 11 is 0. The molecule has 2 aromatic carbocycles. The van der Waals surface area contributed by atoms with E-state index in [1.54, 1.807) is 24.3 Å². The highest BCUT2D eigenvalue weighted by molar-refractivity contribution is 5.98. The van der Waals surface area contributed by atoms with E-state index < -0.39 is 23.8 Å². The molecule has 16 nitrogen and oxygen atoms in total. The molecule has 16 heteroatoms. The van der Waals surface area contributed by atoms with E-state index in [0.717, 1.165) is 94.9 Å².